The molecular weight excluding hydrogens is 296 g/mol. The quantitative estimate of drug-likeness (QED) is 0.309. The second-order valence-corrected chi connectivity index (χ2v) is 4.20. The summed E-state index contributed by atoms with van der Waals surface area (Å²) in [5, 5.41) is 12.7. The molecule has 18 heavy (non-hydrogen) atoms. The fraction of sp³-hybridized carbons (Fsp3) is 0.0833. The predicted octanol–water partition coefficient (Wildman–Crippen LogP) is 2.22. The van der Waals surface area contributed by atoms with Gasteiger partial charge in [0, 0.05) is 5.39 Å². The summed E-state index contributed by atoms with van der Waals surface area (Å²) in [6.45, 7) is 3.83. The Bertz CT molecular complexity index is 612. The van der Waals surface area contributed by atoms with Gasteiger partial charge in [-0.05, 0) is 22.0 Å². The van der Waals surface area contributed by atoms with Crippen molar-refractivity contribution in [3.05, 3.63) is 47.1 Å². The van der Waals surface area contributed by atoms with Crippen LogP contribution in [0.4, 0.5) is 0 Å². The number of fused-ring (bicyclic) bond motifs is 1. The number of aromatic nitrogens is 2. The van der Waals surface area contributed by atoms with Crippen LogP contribution in [0.15, 0.2) is 46.7 Å². The zero-order valence-corrected chi connectivity index (χ0v) is 11.1. The summed E-state index contributed by atoms with van der Waals surface area (Å²) in [5.74, 6) is 0.245. The molecule has 5 nitrogen and oxygen atoms in total. The molecule has 1 heterocycles. The van der Waals surface area contributed by atoms with E-state index in [2.05, 4.69) is 37.9 Å². The summed E-state index contributed by atoms with van der Waals surface area (Å²) in [5.41, 5.74) is 7.31. The van der Waals surface area contributed by atoms with Gasteiger partial charge < -0.3 is 10.6 Å². The number of halogens is 1. The number of rotatable bonds is 4. The van der Waals surface area contributed by atoms with E-state index in [0.717, 1.165) is 10.9 Å². The van der Waals surface area contributed by atoms with Crippen LogP contribution in [0, 0.1) is 0 Å². The molecule has 0 spiro atoms. The normalized spacial score (nSPS) is 11.5. The highest BCUT2D eigenvalue weighted by Gasteiger charge is 2.12. The van der Waals surface area contributed by atoms with Crippen LogP contribution in [0.1, 0.15) is 5.56 Å². The number of nitrogens with two attached hydrogens (primary N) is 1. The van der Waals surface area contributed by atoms with Gasteiger partial charge in [-0.2, -0.15) is 0 Å². The minimum atomic E-state index is 0.245. The van der Waals surface area contributed by atoms with E-state index in [1.807, 2.05) is 24.3 Å². The predicted molar refractivity (Wildman–Crippen MR) is 74.1 cm³/mol. The minimum Gasteiger partial charge on any atom is -0.390 e. The van der Waals surface area contributed by atoms with Gasteiger partial charge in [-0.3, -0.25) is 0 Å². The zero-order chi connectivity index (χ0) is 13.0. The highest BCUT2D eigenvalue weighted by atomic mass is 79.9. The molecule has 0 unspecified atom stereocenters. The number of benzene rings is 1. The molecular formula is C12H11BrN4O. The van der Waals surface area contributed by atoms with Gasteiger partial charge in [-0.25, -0.2) is 0 Å². The molecule has 0 saturated carbocycles. The fourth-order valence-corrected chi connectivity index (χ4v) is 1.98. The highest BCUT2D eigenvalue weighted by molar-refractivity contribution is 9.10. The zero-order valence-electron chi connectivity index (χ0n) is 9.51. The Morgan fingerprint density at radius 2 is 2.22 bits per heavy atom. The molecule has 0 aliphatic carbocycles. The first-order valence-electron chi connectivity index (χ1n) is 5.21. The lowest BCUT2D eigenvalue weighted by atomic mass is 10.1. The Morgan fingerprint density at radius 3 is 3.00 bits per heavy atom. The largest absolute Gasteiger partial charge is 0.390 e. The highest BCUT2D eigenvalue weighted by Crippen LogP contribution is 2.22. The van der Waals surface area contributed by atoms with Crippen molar-refractivity contribution in [3.63, 3.8) is 0 Å². The summed E-state index contributed by atoms with van der Waals surface area (Å²) >= 11 is 3.32. The Kier molecular flexibility index (Phi) is 3.88. The average Bonchev–Trinajstić information content (AvgIpc) is 2.38. The van der Waals surface area contributed by atoms with Crippen LogP contribution in [0.25, 0.3) is 10.9 Å². The molecule has 2 rings (SSSR count). The first-order chi connectivity index (χ1) is 8.74. The first kappa shape index (κ1) is 12.5. The van der Waals surface area contributed by atoms with E-state index in [0.29, 0.717) is 16.8 Å². The SMILES string of the molecule is C=CCON=C(N)c1c(Br)nnc2ccccc12. The van der Waals surface area contributed by atoms with E-state index in [9.17, 15) is 0 Å². The third-order valence-corrected chi connectivity index (χ3v) is 2.79. The molecule has 0 bridgehead atoms. The van der Waals surface area contributed by atoms with Gasteiger partial charge in [0.05, 0.1) is 11.1 Å². The van der Waals surface area contributed by atoms with Crippen LogP contribution in [0.3, 0.4) is 0 Å². The smallest absolute Gasteiger partial charge is 0.173 e. The second kappa shape index (κ2) is 5.59. The van der Waals surface area contributed by atoms with Crippen molar-refractivity contribution in [3.8, 4) is 0 Å². The Labute approximate surface area is 112 Å². The summed E-state index contributed by atoms with van der Waals surface area (Å²) in [6, 6.07) is 7.55. The van der Waals surface area contributed by atoms with Gasteiger partial charge in [-0.15, -0.1) is 10.2 Å². The Balaban J connectivity index is 2.51. The van der Waals surface area contributed by atoms with Crippen molar-refractivity contribution >= 4 is 32.7 Å². The first-order valence-corrected chi connectivity index (χ1v) is 6.01. The van der Waals surface area contributed by atoms with E-state index in [4.69, 9.17) is 10.6 Å². The summed E-state index contributed by atoms with van der Waals surface area (Å²) in [4.78, 5) is 4.98. The maximum Gasteiger partial charge on any atom is 0.173 e. The van der Waals surface area contributed by atoms with Gasteiger partial charge >= 0.3 is 0 Å². The van der Waals surface area contributed by atoms with Crippen LogP contribution < -0.4 is 5.73 Å². The number of nitrogens with zero attached hydrogens (tertiary/aromatic N) is 3. The molecule has 92 valence electrons. The molecule has 0 fully saturated rings. The molecule has 1 aromatic heterocycles. The maximum atomic E-state index is 5.90. The van der Waals surface area contributed by atoms with Crippen LogP contribution in [0.2, 0.25) is 0 Å². The van der Waals surface area contributed by atoms with Gasteiger partial charge in [-0.1, -0.05) is 36.0 Å². The van der Waals surface area contributed by atoms with Crippen molar-refractivity contribution in [1.82, 2.24) is 10.2 Å². The van der Waals surface area contributed by atoms with Gasteiger partial charge in [0.15, 0.2) is 5.84 Å². The molecule has 0 amide bonds. The van der Waals surface area contributed by atoms with Crippen LogP contribution in [0.5, 0.6) is 0 Å². The fourth-order valence-electron chi connectivity index (χ4n) is 1.48. The van der Waals surface area contributed by atoms with E-state index in [1.54, 1.807) is 6.08 Å². The van der Waals surface area contributed by atoms with Gasteiger partial charge in [0.1, 0.15) is 11.2 Å². The molecule has 6 heteroatoms. The standard InChI is InChI=1S/C12H11BrN4O/c1-2-7-18-17-12(14)10-8-5-3-4-6-9(8)15-16-11(10)13/h2-6H,1,7H2,(H2,14,17). The third-order valence-electron chi connectivity index (χ3n) is 2.24. The maximum absolute atomic E-state index is 5.90. The molecule has 0 radical (unpaired) electrons. The van der Waals surface area contributed by atoms with Crippen LogP contribution in [-0.4, -0.2) is 22.6 Å². The van der Waals surface area contributed by atoms with Crippen molar-refractivity contribution in [2.24, 2.45) is 10.9 Å². The lowest BCUT2D eigenvalue weighted by Crippen LogP contribution is -2.16. The van der Waals surface area contributed by atoms with Crippen LogP contribution >= 0.6 is 15.9 Å². The molecule has 0 saturated heterocycles. The molecule has 2 N–H and O–H groups in total. The minimum absolute atomic E-state index is 0.245. The molecule has 2 aromatic rings. The van der Waals surface area contributed by atoms with E-state index in [1.165, 1.54) is 0 Å². The van der Waals surface area contributed by atoms with Crippen molar-refractivity contribution in [1.29, 1.82) is 0 Å². The Hall–Kier alpha value is -1.95. The lowest BCUT2D eigenvalue weighted by molar-refractivity contribution is 0.174. The number of hydrogen-bond acceptors (Lipinski definition) is 4. The van der Waals surface area contributed by atoms with Crippen LogP contribution in [-0.2, 0) is 4.84 Å². The lowest BCUT2D eigenvalue weighted by Gasteiger charge is -2.06. The summed E-state index contributed by atoms with van der Waals surface area (Å²) in [6.07, 6.45) is 1.59. The van der Waals surface area contributed by atoms with Crippen molar-refractivity contribution < 1.29 is 4.84 Å². The van der Waals surface area contributed by atoms with E-state index >= 15 is 0 Å². The van der Waals surface area contributed by atoms with Gasteiger partial charge in [0.25, 0.3) is 0 Å². The molecule has 1 aromatic carbocycles. The number of amidine groups is 1. The number of oxime groups is 1. The monoisotopic (exact) mass is 306 g/mol. The number of hydrogen-bond donors (Lipinski definition) is 1. The van der Waals surface area contributed by atoms with Gasteiger partial charge in [0.2, 0.25) is 0 Å². The summed E-state index contributed by atoms with van der Waals surface area (Å²) < 4.78 is 0.532. The average molecular weight is 307 g/mol. The molecule has 0 atom stereocenters. The molecule has 0 aliphatic rings. The van der Waals surface area contributed by atoms with Crippen molar-refractivity contribution in [2.75, 3.05) is 6.61 Å². The molecule has 0 aliphatic heterocycles. The Morgan fingerprint density at radius 1 is 1.44 bits per heavy atom. The summed E-state index contributed by atoms with van der Waals surface area (Å²) in [7, 11) is 0. The van der Waals surface area contributed by atoms with Crippen molar-refractivity contribution in [2.45, 2.75) is 0 Å². The van der Waals surface area contributed by atoms with E-state index in [-0.39, 0.29) is 5.84 Å². The topological polar surface area (TPSA) is 73.4 Å². The third kappa shape index (κ3) is 2.48. The van der Waals surface area contributed by atoms with E-state index < -0.39 is 0 Å². The second-order valence-electron chi connectivity index (χ2n) is 3.44.